The molecule has 0 bridgehead atoms. The fourth-order valence-electron chi connectivity index (χ4n) is 2.08. The number of nitrogens with one attached hydrogen (secondary N) is 1. The van der Waals surface area contributed by atoms with Gasteiger partial charge in [0.05, 0.1) is 10.4 Å². The molecule has 0 aromatic rings. The van der Waals surface area contributed by atoms with Gasteiger partial charge in [-0.05, 0) is 26.7 Å². The van der Waals surface area contributed by atoms with Crippen molar-refractivity contribution in [1.29, 1.82) is 0 Å². The van der Waals surface area contributed by atoms with E-state index in [4.69, 9.17) is 18.0 Å². The largest absolute Gasteiger partial charge is 0.392 e. The molecule has 4 heteroatoms. The Morgan fingerprint density at radius 2 is 1.65 bits per heavy atom. The average molecular weight is 256 g/mol. The van der Waals surface area contributed by atoms with Gasteiger partial charge in [0, 0.05) is 6.04 Å². The van der Waals surface area contributed by atoms with E-state index in [1.165, 1.54) is 32.1 Å². The van der Waals surface area contributed by atoms with Gasteiger partial charge in [-0.1, -0.05) is 44.3 Å². The molecule has 1 saturated carbocycles. The second-order valence-corrected chi connectivity index (χ2v) is 5.94. The van der Waals surface area contributed by atoms with Gasteiger partial charge >= 0.3 is 0 Å². The monoisotopic (exact) mass is 256 g/mol. The molecule has 3 N–H and O–H groups in total. The normalized spacial score (nSPS) is 19.2. The van der Waals surface area contributed by atoms with Crippen molar-refractivity contribution in [1.82, 2.24) is 5.32 Å². The molecular formula is C13H24N2OS. The summed E-state index contributed by atoms with van der Waals surface area (Å²) in [6.07, 6.45) is 8.48. The van der Waals surface area contributed by atoms with E-state index in [9.17, 15) is 4.79 Å². The molecule has 0 saturated heterocycles. The number of carbonyl (C=O) groups is 1. The van der Waals surface area contributed by atoms with E-state index in [0.29, 0.717) is 6.04 Å². The maximum atomic E-state index is 12.1. The summed E-state index contributed by atoms with van der Waals surface area (Å²) < 4.78 is 0. The molecule has 1 rings (SSSR count). The lowest BCUT2D eigenvalue weighted by Gasteiger charge is -2.27. The summed E-state index contributed by atoms with van der Waals surface area (Å²) in [5, 5.41) is 3.10. The van der Waals surface area contributed by atoms with Gasteiger partial charge in [-0.25, -0.2) is 0 Å². The molecule has 0 aromatic heterocycles. The second-order valence-electron chi connectivity index (χ2n) is 5.50. The Balaban J connectivity index is 2.51. The summed E-state index contributed by atoms with van der Waals surface area (Å²) >= 11 is 4.94. The number of carbonyl (C=O) groups excluding carboxylic acids is 1. The molecule has 3 nitrogen and oxygen atoms in total. The summed E-state index contributed by atoms with van der Waals surface area (Å²) in [4.78, 5) is 12.4. The van der Waals surface area contributed by atoms with Crippen LogP contribution in [0.15, 0.2) is 0 Å². The lowest BCUT2D eigenvalue weighted by atomic mass is 9.90. The maximum absolute atomic E-state index is 12.1. The van der Waals surface area contributed by atoms with Crippen molar-refractivity contribution in [2.75, 3.05) is 0 Å². The molecule has 0 atom stereocenters. The average Bonchev–Trinajstić information content (AvgIpc) is 2.21. The molecule has 0 unspecified atom stereocenters. The van der Waals surface area contributed by atoms with E-state index in [1.807, 2.05) is 0 Å². The van der Waals surface area contributed by atoms with Crippen LogP contribution >= 0.6 is 12.2 Å². The summed E-state index contributed by atoms with van der Waals surface area (Å²) in [6.45, 7) is 3.57. The summed E-state index contributed by atoms with van der Waals surface area (Å²) in [5.41, 5.74) is 4.86. The minimum absolute atomic E-state index is 0.0319. The molecule has 0 heterocycles. The SMILES string of the molecule is CC(C)(C(=O)NC1CCCCCCC1)C(N)=S. The highest BCUT2D eigenvalue weighted by atomic mass is 32.1. The van der Waals surface area contributed by atoms with Crippen LogP contribution in [0, 0.1) is 5.41 Å². The Morgan fingerprint density at radius 1 is 1.18 bits per heavy atom. The van der Waals surface area contributed by atoms with Crippen molar-refractivity contribution >= 4 is 23.1 Å². The van der Waals surface area contributed by atoms with Crippen LogP contribution in [0.3, 0.4) is 0 Å². The highest BCUT2D eigenvalue weighted by Crippen LogP contribution is 2.20. The fourth-order valence-corrected chi connectivity index (χ4v) is 2.17. The van der Waals surface area contributed by atoms with Crippen LogP contribution in [0.25, 0.3) is 0 Å². The standard InChI is InChI=1S/C13H24N2OS/c1-13(2,11(14)17)12(16)15-10-8-6-4-3-5-7-9-10/h10H,3-9H2,1-2H3,(H2,14,17)(H,15,16). The Kier molecular flexibility index (Phi) is 5.37. The Bertz CT molecular complexity index is 281. The van der Waals surface area contributed by atoms with E-state index in [2.05, 4.69) is 5.32 Å². The molecule has 0 aliphatic heterocycles. The van der Waals surface area contributed by atoms with Gasteiger partial charge in [-0.2, -0.15) is 0 Å². The molecule has 98 valence electrons. The third kappa shape index (κ3) is 4.26. The molecule has 1 aliphatic rings. The van der Waals surface area contributed by atoms with E-state index in [0.717, 1.165) is 12.8 Å². The van der Waals surface area contributed by atoms with Crippen LogP contribution in [0.5, 0.6) is 0 Å². The first-order valence-electron chi connectivity index (χ1n) is 6.55. The number of nitrogens with two attached hydrogens (primary N) is 1. The molecular weight excluding hydrogens is 232 g/mol. The molecule has 0 radical (unpaired) electrons. The van der Waals surface area contributed by atoms with E-state index in [1.54, 1.807) is 13.8 Å². The molecule has 0 spiro atoms. The van der Waals surface area contributed by atoms with Gasteiger partial charge < -0.3 is 11.1 Å². The Hall–Kier alpha value is -0.640. The fraction of sp³-hybridized carbons (Fsp3) is 0.846. The lowest BCUT2D eigenvalue weighted by Crippen LogP contribution is -2.48. The highest BCUT2D eigenvalue weighted by Gasteiger charge is 2.32. The topological polar surface area (TPSA) is 55.1 Å². The van der Waals surface area contributed by atoms with Crippen LogP contribution in [-0.4, -0.2) is 16.9 Å². The van der Waals surface area contributed by atoms with Gasteiger partial charge in [0.15, 0.2) is 0 Å². The summed E-state index contributed by atoms with van der Waals surface area (Å²) in [6, 6.07) is 0.302. The van der Waals surface area contributed by atoms with Crippen LogP contribution in [0.2, 0.25) is 0 Å². The maximum Gasteiger partial charge on any atom is 0.232 e. The Labute approximate surface area is 110 Å². The highest BCUT2D eigenvalue weighted by molar-refractivity contribution is 7.80. The van der Waals surface area contributed by atoms with E-state index >= 15 is 0 Å². The first kappa shape index (κ1) is 14.4. The summed E-state index contributed by atoms with van der Waals surface area (Å²) in [7, 11) is 0. The van der Waals surface area contributed by atoms with Gasteiger partial charge in [-0.15, -0.1) is 0 Å². The lowest BCUT2D eigenvalue weighted by molar-refractivity contribution is -0.127. The first-order chi connectivity index (χ1) is 7.94. The molecule has 1 aliphatic carbocycles. The van der Waals surface area contributed by atoms with Crippen LogP contribution in [0.4, 0.5) is 0 Å². The first-order valence-corrected chi connectivity index (χ1v) is 6.96. The van der Waals surface area contributed by atoms with Crippen molar-refractivity contribution in [3.05, 3.63) is 0 Å². The molecule has 1 amide bonds. The zero-order valence-corrected chi connectivity index (χ0v) is 11.7. The van der Waals surface area contributed by atoms with Crippen LogP contribution in [0.1, 0.15) is 58.8 Å². The molecule has 0 aromatic carbocycles. The van der Waals surface area contributed by atoms with Crippen LogP contribution in [-0.2, 0) is 4.79 Å². The van der Waals surface area contributed by atoms with Gasteiger partial charge in [-0.3, -0.25) is 4.79 Å². The number of amides is 1. The number of hydrogen-bond acceptors (Lipinski definition) is 2. The molecule has 1 fully saturated rings. The molecule has 17 heavy (non-hydrogen) atoms. The Morgan fingerprint density at radius 3 is 2.12 bits per heavy atom. The minimum Gasteiger partial charge on any atom is -0.392 e. The van der Waals surface area contributed by atoms with Gasteiger partial charge in [0.25, 0.3) is 0 Å². The van der Waals surface area contributed by atoms with Crippen molar-refractivity contribution < 1.29 is 4.79 Å². The van der Waals surface area contributed by atoms with Crippen molar-refractivity contribution in [3.63, 3.8) is 0 Å². The third-order valence-corrected chi connectivity index (χ3v) is 4.13. The van der Waals surface area contributed by atoms with Crippen molar-refractivity contribution in [2.24, 2.45) is 11.1 Å². The van der Waals surface area contributed by atoms with Crippen molar-refractivity contribution in [2.45, 2.75) is 64.8 Å². The van der Waals surface area contributed by atoms with Crippen LogP contribution < -0.4 is 11.1 Å². The number of rotatable bonds is 3. The van der Waals surface area contributed by atoms with E-state index < -0.39 is 5.41 Å². The predicted octanol–water partition coefficient (Wildman–Crippen LogP) is 2.53. The quantitative estimate of drug-likeness (QED) is 0.763. The van der Waals surface area contributed by atoms with Gasteiger partial charge in [0.2, 0.25) is 5.91 Å². The zero-order valence-electron chi connectivity index (χ0n) is 10.9. The summed E-state index contributed by atoms with van der Waals surface area (Å²) in [5.74, 6) is -0.0319. The second kappa shape index (κ2) is 6.34. The zero-order chi connectivity index (χ0) is 12.9. The van der Waals surface area contributed by atoms with E-state index in [-0.39, 0.29) is 10.9 Å². The number of thiocarbonyl (C=S) groups is 1. The van der Waals surface area contributed by atoms with Gasteiger partial charge in [0.1, 0.15) is 0 Å². The smallest absolute Gasteiger partial charge is 0.232 e. The van der Waals surface area contributed by atoms with Crippen molar-refractivity contribution in [3.8, 4) is 0 Å². The minimum atomic E-state index is -0.738. The number of hydrogen-bond donors (Lipinski definition) is 2. The predicted molar refractivity (Wildman–Crippen MR) is 74.8 cm³/mol. The third-order valence-electron chi connectivity index (χ3n) is 3.62.